The normalized spacial score (nSPS) is 10.0. The van der Waals surface area contributed by atoms with Gasteiger partial charge in [-0.2, -0.15) is 0 Å². The fourth-order valence-corrected chi connectivity index (χ4v) is 6.35. The molecule has 0 saturated carbocycles. The van der Waals surface area contributed by atoms with Gasteiger partial charge in [-0.3, -0.25) is 27.1 Å². The Hall–Kier alpha value is -5.79. The number of aromatic hydroxyl groups is 2. The molecule has 0 unspecified atom stereocenters. The van der Waals surface area contributed by atoms with Crippen LogP contribution in [0.4, 0.5) is 17.3 Å². The van der Waals surface area contributed by atoms with E-state index in [0.29, 0.717) is 0 Å². The molecule has 0 saturated heterocycles. The van der Waals surface area contributed by atoms with Gasteiger partial charge in [-0.15, -0.1) is 0 Å². The maximum absolute atomic E-state index is 9.75. The zero-order valence-corrected chi connectivity index (χ0v) is 34.0. The van der Waals surface area contributed by atoms with Crippen molar-refractivity contribution >= 4 is 24.5 Å². The molecule has 0 aliphatic rings. The Balaban J connectivity index is 0.000000235. The summed E-state index contributed by atoms with van der Waals surface area (Å²) in [7, 11) is -10.0. The third kappa shape index (κ3) is 20.9. The number of hydrogen-bond acceptors (Lipinski definition) is 8. The molecule has 8 nitrogen and oxygen atoms in total. The summed E-state index contributed by atoms with van der Waals surface area (Å²) in [4.78, 5) is 0. The predicted octanol–water partition coefficient (Wildman–Crippen LogP) is 12.8. The van der Waals surface area contributed by atoms with Crippen molar-refractivity contribution in [3.63, 3.8) is 0 Å². The first-order chi connectivity index (χ1) is 27.6. The number of rotatable bonds is 12. The molecule has 0 atom stereocenters. The number of hydrogen-bond donors (Lipinski definition) is 2. The number of benzene rings is 7. The first-order valence-electron chi connectivity index (χ1n) is 17.1. The summed E-state index contributed by atoms with van der Waals surface area (Å²) < 4.78 is 74.3. The van der Waals surface area contributed by atoms with E-state index in [9.17, 15) is 17.3 Å². The summed E-state index contributed by atoms with van der Waals surface area (Å²) in [5, 5.41) is 17.3. The molecule has 0 aliphatic carbocycles. The topological polar surface area (TPSA) is 95.8 Å². The van der Waals surface area contributed by atoms with Gasteiger partial charge in [0, 0.05) is 25.5 Å². The van der Waals surface area contributed by atoms with E-state index < -0.39 is 24.5 Å². The maximum atomic E-state index is 9.75. The van der Waals surface area contributed by atoms with Gasteiger partial charge in [0.05, 0.1) is 0 Å². The van der Waals surface area contributed by atoms with Crippen molar-refractivity contribution in [1.29, 1.82) is 0 Å². The third-order valence-electron chi connectivity index (χ3n) is 6.50. The standard InChI is InChI=1S/2C18H16O3P.C6H6O2.BF4.Rh/c2*1-4-10-16(11-5-1)19-22(20-17-12-6-2-7-13-17)21-18-14-8-3-9-15-18;7-5-2-1-3-6(8)4-5;2-1(3,4)5;/h2*1-15,22H;1-4,7-8H;;/q2*+1;;-1;. The Labute approximate surface area is 349 Å². The Kier molecular flexibility index (Phi) is 21.0. The molecule has 7 aromatic carbocycles. The van der Waals surface area contributed by atoms with Crippen LogP contribution in [-0.2, 0) is 19.5 Å². The Morgan fingerprint density at radius 1 is 0.310 bits per heavy atom. The van der Waals surface area contributed by atoms with Gasteiger partial charge in [-0.05, 0) is 84.9 Å². The van der Waals surface area contributed by atoms with E-state index in [-0.39, 0.29) is 31.0 Å². The fourth-order valence-electron chi connectivity index (χ4n) is 4.13. The molecule has 1 radical (unpaired) electrons. The molecule has 7 aromatic rings. The molecule has 58 heavy (non-hydrogen) atoms. The molecule has 0 heterocycles. The molecule has 0 fully saturated rings. The van der Waals surface area contributed by atoms with E-state index in [1.165, 1.54) is 18.2 Å². The Morgan fingerprint density at radius 3 is 0.621 bits per heavy atom. The summed E-state index contributed by atoms with van der Waals surface area (Å²) in [6.45, 7) is 0. The number of halogens is 4. The zero-order chi connectivity index (χ0) is 40.6. The second-order valence-electron chi connectivity index (χ2n) is 11.0. The molecule has 0 amide bonds. The third-order valence-corrected chi connectivity index (χ3v) is 8.91. The number of phenols is 2. The van der Waals surface area contributed by atoms with Crippen molar-refractivity contribution in [1.82, 2.24) is 0 Å². The van der Waals surface area contributed by atoms with E-state index in [4.69, 9.17) is 37.4 Å². The molecule has 0 bridgehead atoms. The van der Waals surface area contributed by atoms with E-state index >= 15 is 0 Å². The first kappa shape index (κ1) is 46.6. The van der Waals surface area contributed by atoms with E-state index in [0.717, 1.165) is 34.5 Å². The minimum absolute atomic E-state index is 0. The smallest absolute Gasteiger partial charge is 0.508 e. The van der Waals surface area contributed by atoms with Crippen LogP contribution in [0.5, 0.6) is 46.0 Å². The number of para-hydroxylation sites is 6. The largest absolute Gasteiger partial charge is 0.673 e. The molecule has 16 heteroatoms. The van der Waals surface area contributed by atoms with E-state index in [2.05, 4.69) is 0 Å². The molecule has 0 aromatic heterocycles. The maximum Gasteiger partial charge on any atom is 0.673 e. The first-order valence-corrected chi connectivity index (χ1v) is 19.5. The van der Waals surface area contributed by atoms with Crippen LogP contribution >= 0.6 is 17.2 Å². The Morgan fingerprint density at radius 2 is 0.483 bits per heavy atom. The average molecular weight is 922 g/mol. The summed E-state index contributed by atoms with van der Waals surface area (Å²) in [5.41, 5.74) is 0. The second-order valence-corrected chi connectivity index (χ2v) is 13.2. The summed E-state index contributed by atoms with van der Waals surface area (Å²) in [5.74, 6) is 4.53. The van der Waals surface area contributed by atoms with E-state index in [1.807, 2.05) is 182 Å². The fraction of sp³-hybridized carbons (Fsp3) is 0. The van der Waals surface area contributed by atoms with Crippen LogP contribution in [0, 0.1) is 0 Å². The quantitative estimate of drug-likeness (QED) is 0.0711. The molecule has 0 aliphatic heterocycles. The summed E-state index contributed by atoms with van der Waals surface area (Å²) >= 11 is 0. The molecule has 0 spiro atoms. The minimum atomic E-state index is -6.00. The van der Waals surface area contributed by atoms with Gasteiger partial charge in [0.25, 0.3) is 0 Å². The van der Waals surface area contributed by atoms with Crippen molar-refractivity contribution in [3.05, 3.63) is 206 Å². The van der Waals surface area contributed by atoms with Gasteiger partial charge in [-0.25, -0.2) is 0 Å². The van der Waals surface area contributed by atoms with Gasteiger partial charge >= 0.3 is 24.5 Å². The minimum Gasteiger partial charge on any atom is -0.508 e. The van der Waals surface area contributed by atoms with Crippen LogP contribution in [0.15, 0.2) is 206 Å². The van der Waals surface area contributed by atoms with Crippen LogP contribution in [0.1, 0.15) is 0 Å². The number of phenolic OH excluding ortho intramolecular Hbond substituents is 2. The molecule has 7 rings (SSSR count). The molecular formula is C42H38BF4O8P2Rh+. The second kappa shape index (κ2) is 26.2. The van der Waals surface area contributed by atoms with Crippen LogP contribution in [0.3, 0.4) is 0 Å². The monoisotopic (exact) mass is 922 g/mol. The zero-order valence-electron chi connectivity index (χ0n) is 30.4. The van der Waals surface area contributed by atoms with Crippen molar-refractivity contribution in [2.75, 3.05) is 0 Å². The average Bonchev–Trinajstić information content (AvgIpc) is 3.20. The Bertz CT molecular complexity index is 1740. The summed E-state index contributed by atoms with van der Waals surface area (Å²) in [6.07, 6.45) is 0. The SMILES string of the molecule is F[B-](F)(F)F.Oc1cccc(O)c1.[Rh].c1ccc(O[PH+](Oc2ccccc2)Oc2ccccc2)cc1.c1ccc(O[PH+](Oc2ccccc2)Oc2ccccc2)cc1. The van der Waals surface area contributed by atoms with Gasteiger partial charge in [-0.1, -0.05) is 115 Å². The summed E-state index contributed by atoms with van der Waals surface area (Å²) in [6, 6.07) is 63.1. The predicted molar refractivity (Wildman–Crippen MR) is 219 cm³/mol. The van der Waals surface area contributed by atoms with Crippen LogP contribution in [0.25, 0.3) is 0 Å². The van der Waals surface area contributed by atoms with Gasteiger partial charge in [0.15, 0.2) is 34.5 Å². The molecule has 2 N–H and O–H groups in total. The van der Waals surface area contributed by atoms with Gasteiger partial charge < -0.3 is 27.5 Å². The van der Waals surface area contributed by atoms with Gasteiger partial charge in [0.2, 0.25) is 0 Å². The van der Waals surface area contributed by atoms with Crippen molar-refractivity contribution in [2.45, 2.75) is 0 Å². The van der Waals surface area contributed by atoms with Crippen molar-refractivity contribution < 1.29 is 74.1 Å². The van der Waals surface area contributed by atoms with Crippen LogP contribution in [0.2, 0.25) is 0 Å². The van der Waals surface area contributed by atoms with Crippen molar-refractivity contribution in [2.24, 2.45) is 0 Å². The van der Waals surface area contributed by atoms with Crippen LogP contribution < -0.4 is 27.1 Å². The van der Waals surface area contributed by atoms with E-state index in [1.54, 1.807) is 6.07 Å². The van der Waals surface area contributed by atoms with Crippen LogP contribution in [-0.4, -0.2) is 17.5 Å². The van der Waals surface area contributed by atoms with Gasteiger partial charge in [0.1, 0.15) is 11.5 Å². The molecule has 303 valence electrons. The van der Waals surface area contributed by atoms with Crippen molar-refractivity contribution in [3.8, 4) is 46.0 Å². The molecular weight excluding hydrogens is 884 g/mol.